The molecule has 0 unspecified atom stereocenters. The Bertz CT molecular complexity index is 585. The van der Waals surface area contributed by atoms with Gasteiger partial charge in [0.2, 0.25) is 0 Å². The number of hydrogen-bond donors (Lipinski definition) is 3. The van der Waals surface area contributed by atoms with Gasteiger partial charge >= 0.3 is 0 Å². The fourth-order valence-corrected chi connectivity index (χ4v) is 1.65. The molecular weight excluding hydrogens is 254 g/mol. The number of carbonyl (C=O) groups excluding carboxylic acids is 1. The van der Waals surface area contributed by atoms with Gasteiger partial charge in [0.05, 0.1) is 11.4 Å². The zero-order chi connectivity index (χ0) is 14.4. The van der Waals surface area contributed by atoms with E-state index in [9.17, 15) is 4.79 Å². The average molecular weight is 271 g/mol. The van der Waals surface area contributed by atoms with Crippen molar-refractivity contribution < 1.29 is 9.53 Å². The molecular formula is C15H17N3O2. The summed E-state index contributed by atoms with van der Waals surface area (Å²) in [5.74, 6) is 0.476. The van der Waals surface area contributed by atoms with Gasteiger partial charge < -0.3 is 21.5 Å². The third-order valence-corrected chi connectivity index (χ3v) is 2.75. The molecule has 5 nitrogen and oxygen atoms in total. The van der Waals surface area contributed by atoms with Crippen LogP contribution >= 0.6 is 0 Å². The number of anilines is 2. The SMILES string of the molecule is Nc1ccc(CNC(=O)COc2ccccc2)cc1N. The highest BCUT2D eigenvalue weighted by molar-refractivity contribution is 5.77. The lowest BCUT2D eigenvalue weighted by Gasteiger charge is -2.08. The Kier molecular flexibility index (Phi) is 4.44. The Morgan fingerprint density at radius 3 is 2.50 bits per heavy atom. The number of para-hydroxylation sites is 1. The fourth-order valence-electron chi connectivity index (χ4n) is 1.65. The van der Waals surface area contributed by atoms with Crippen molar-refractivity contribution in [3.8, 4) is 5.75 Å². The predicted octanol–water partition coefficient (Wildman–Crippen LogP) is 1.55. The first kappa shape index (κ1) is 13.7. The molecule has 1 amide bonds. The third kappa shape index (κ3) is 3.91. The molecule has 0 aliphatic rings. The van der Waals surface area contributed by atoms with Crippen LogP contribution in [0.3, 0.4) is 0 Å². The highest BCUT2D eigenvalue weighted by Crippen LogP contribution is 2.15. The molecule has 0 saturated carbocycles. The lowest BCUT2D eigenvalue weighted by Crippen LogP contribution is -2.28. The molecule has 0 fully saturated rings. The van der Waals surface area contributed by atoms with E-state index in [4.69, 9.17) is 16.2 Å². The summed E-state index contributed by atoms with van der Waals surface area (Å²) < 4.78 is 5.34. The molecule has 0 bridgehead atoms. The minimum atomic E-state index is -0.191. The standard InChI is InChI=1S/C15H17N3O2/c16-13-7-6-11(8-14(13)17)9-18-15(19)10-20-12-4-2-1-3-5-12/h1-8H,9-10,16-17H2,(H,18,19). The predicted molar refractivity (Wildman–Crippen MR) is 79.1 cm³/mol. The summed E-state index contributed by atoms with van der Waals surface area (Å²) >= 11 is 0. The van der Waals surface area contributed by atoms with E-state index in [1.165, 1.54) is 0 Å². The number of benzene rings is 2. The molecule has 20 heavy (non-hydrogen) atoms. The summed E-state index contributed by atoms with van der Waals surface area (Å²) in [7, 11) is 0. The number of nitrogens with two attached hydrogens (primary N) is 2. The largest absolute Gasteiger partial charge is 0.484 e. The van der Waals surface area contributed by atoms with Crippen molar-refractivity contribution in [1.82, 2.24) is 5.32 Å². The van der Waals surface area contributed by atoms with Gasteiger partial charge in [0, 0.05) is 6.54 Å². The van der Waals surface area contributed by atoms with Crippen molar-refractivity contribution in [1.29, 1.82) is 0 Å². The van der Waals surface area contributed by atoms with E-state index in [2.05, 4.69) is 5.32 Å². The quantitative estimate of drug-likeness (QED) is 0.720. The van der Waals surface area contributed by atoms with Gasteiger partial charge in [-0.15, -0.1) is 0 Å². The zero-order valence-corrected chi connectivity index (χ0v) is 11.0. The van der Waals surface area contributed by atoms with Crippen LogP contribution in [0.15, 0.2) is 48.5 Å². The fraction of sp³-hybridized carbons (Fsp3) is 0.133. The Morgan fingerprint density at radius 1 is 1.05 bits per heavy atom. The molecule has 0 aliphatic carbocycles. The molecule has 2 aromatic carbocycles. The number of amides is 1. The summed E-state index contributed by atoms with van der Waals surface area (Å²) in [6, 6.07) is 14.5. The minimum absolute atomic E-state index is 0.0194. The van der Waals surface area contributed by atoms with Crippen LogP contribution in [0.4, 0.5) is 11.4 Å². The van der Waals surface area contributed by atoms with Crippen molar-refractivity contribution in [2.45, 2.75) is 6.54 Å². The molecule has 0 aliphatic heterocycles. The zero-order valence-electron chi connectivity index (χ0n) is 11.0. The first-order valence-corrected chi connectivity index (χ1v) is 6.23. The van der Waals surface area contributed by atoms with Crippen LogP contribution in [-0.4, -0.2) is 12.5 Å². The second kappa shape index (κ2) is 6.47. The Hall–Kier alpha value is -2.69. The van der Waals surface area contributed by atoms with Crippen LogP contribution in [0.1, 0.15) is 5.56 Å². The van der Waals surface area contributed by atoms with E-state index < -0.39 is 0 Å². The smallest absolute Gasteiger partial charge is 0.258 e. The van der Waals surface area contributed by atoms with Crippen LogP contribution in [0.5, 0.6) is 5.75 Å². The molecule has 104 valence electrons. The molecule has 0 radical (unpaired) electrons. The summed E-state index contributed by atoms with van der Waals surface area (Å²) in [6.45, 7) is 0.371. The van der Waals surface area contributed by atoms with E-state index in [-0.39, 0.29) is 12.5 Å². The first-order chi connectivity index (χ1) is 9.65. The summed E-state index contributed by atoms with van der Waals surface area (Å²) in [5, 5.41) is 2.76. The second-order valence-corrected chi connectivity index (χ2v) is 4.34. The maximum absolute atomic E-state index is 11.6. The van der Waals surface area contributed by atoms with Crippen LogP contribution in [0.25, 0.3) is 0 Å². The number of nitrogen functional groups attached to an aromatic ring is 2. The van der Waals surface area contributed by atoms with E-state index >= 15 is 0 Å². The first-order valence-electron chi connectivity index (χ1n) is 6.23. The Labute approximate surface area is 117 Å². The van der Waals surface area contributed by atoms with E-state index in [0.717, 1.165) is 5.56 Å². The molecule has 5 N–H and O–H groups in total. The van der Waals surface area contributed by atoms with E-state index in [1.807, 2.05) is 24.3 Å². The summed E-state index contributed by atoms with van der Waals surface area (Å²) in [5.41, 5.74) is 13.3. The monoisotopic (exact) mass is 271 g/mol. The summed E-state index contributed by atoms with van der Waals surface area (Å²) in [6.07, 6.45) is 0. The highest BCUT2D eigenvalue weighted by Gasteiger charge is 2.03. The van der Waals surface area contributed by atoms with Crippen molar-refractivity contribution in [3.63, 3.8) is 0 Å². The van der Waals surface area contributed by atoms with Gasteiger partial charge in [-0.25, -0.2) is 0 Å². The van der Waals surface area contributed by atoms with Crippen molar-refractivity contribution in [3.05, 3.63) is 54.1 Å². The Balaban J connectivity index is 1.79. The summed E-state index contributed by atoms with van der Waals surface area (Å²) in [4.78, 5) is 11.6. The van der Waals surface area contributed by atoms with Gasteiger partial charge in [0.15, 0.2) is 6.61 Å². The lowest BCUT2D eigenvalue weighted by atomic mass is 10.2. The lowest BCUT2D eigenvalue weighted by molar-refractivity contribution is -0.123. The van der Waals surface area contributed by atoms with Crippen molar-refractivity contribution in [2.75, 3.05) is 18.1 Å². The normalized spacial score (nSPS) is 10.0. The van der Waals surface area contributed by atoms with Crippen LogP contribution in [0.2, 0.25) is 0 Å². The number of hydrogen-bond acceptors (Lipinski definition) is 4. The number of rotatable bonds is 5. The highest BCUT2D eigenvalue weighted by atomic mass is 16.5. The Morgan fingerprint density at radius 2 is 1.80 bits per heavy atom. The molecule has 2 aromatic rings. The number of ether oxygens (including phenoxy) is 1. The van der Waals surface area contributed by atoms with Gasteiger partial charge in [0.25, 0.3) is 5.91 Å². The molecule has 0 saturated heterocycles. The number of carbonyl (C=O) groups is 1. The van der Waals surface area contributed by atoms with Crippen LogP contribution in [-0.2, 0) is 11.3 Å². The maximum Gasteiger partial charge on any atom is 0.258 e. The maximum atomic E-state index is 11.6. The topological polar surface area (TPSA) is 90.4 Å². The molecule has 2 rings (SSSR count). The van der Waals surface area contributed by atoms with Crippen LogP contribution in [0, 0.1) is 0 Å². The van der Waals surface area contributed by atoms with Crippen LogP contribution < -0.4 is 21.5 Å². The molecule has 0 heterocycles. The molecule has 0 aromatic heterocycles. The van der Waals surface area contributed by atoms with Gasteiger partial charge in [-0.2, -0.15) is 0 Å². The van der Waals surface area contributed by atoms with E-state index in [1.54, 1.807) is 24.3 Å². The molecule has 0 spiro atoms. The van der Waals surface area contributed by atoms with Gasteiger partial charge in [-0.3, -0.25) is 4.79 Å². The minimum Gasteiger partial charge on any atom is -0.484 e. The third-order valence-electron chi connectivity index (χ3n) is 2.75. The number of nitrogens with one attached hydrogen (secondary N) is 1. The average Bonchev–Trinajstić information content (AvgIpc) is 2.47. The van der Waals surface area contributed by atoms with Gasteiger partial charge in [0.1, 0.15) is 5.75 Å². The van der Waals surface area contributed by atoms with Gasteiger partial charge in [-0.05, 0) is 29.8 Å². The second-order valence-electron chi connectivity index (χ2n) is 4.34. The van der Waals surface area contributed by atoms with Crippen molar-refractivity contribution >= 4 is 17.3 Å². The van der Waals surface area contributed by atoms with Gasteiger partial charge in [-0.1, -0.05) is 24.3 Å². The molecule has 0 atom stereocenters. The van der Waals surface area contributed by atoms with E-state index in [0.29, 0.717) is 23.7 Å². The molecule has 5 heteroatoms. The van der Waals surface area contributed by atoms with Crippen molar-refractivity contribution in [2.24, 2.45) is 0 Å².